The van der Waals surface area contributed by atoms with Gasteiger partial charge in [0.15, 0.2) is 0 Å². The molecule has 170 valence electrons. The molecule has 2 atom stereocenters. The fraction of sp³-hybridized carbons (Fsp3) is 0.667. The summed E-state index contributed by atoms with van der Waals surface area (Å²) in [5.74, 6) is 6.99. The van der Waals surface area contributed by atoms with Gasteiger partial charge in [0.25, 0.3) is 0 Å². The summed E-state index contributed by atoms with van der Waals surface area (Å²) in [4.78, 5) is 28.6. The Balaban J connectivity index is 1.27. The topological polar surface area (TPSA) is 81.9 Å². The van der Waals surface area contributed by atoms with Crippen LogP contribution in [0.25, 0.3) is 0 Å². The molecule has 3 aliphatic rings. The molecule has 2 unspecified atom stereocenters. The highest BCUT2D eigenvalue weighted by Crippen LogP contribution is 2.29. The average Bonchev–Trinajstić information content (AvgIpc) is 2.79. The van der Waals surface area contributed by atoms with Crippen molar-refractivity contribution >= 4 is 17.5 Å². The van der Waals surface area contributed by atoms with Gasteiger partial charge in [0.05, 0.1) is 5.92 Å². The third-order valence-corrected chi connectivity index (χ3v) is 7.53. The molecule has 7 nitrogen and oxygen atoms in total. The van der Waals surface area contributed by atoms with Gasteiger partial charge in [-0.2, -0.15) is 0 Å². The van der Waals surface area contributed by atoms with Gasteiger partial charge in [-0.1, -0.05) is 25.5 Å². The highest BCUT2D eigenvalue weighted by atomic mass is 16.2. The second-order valence-corrected chi connectivity index (χ2v) is 9.42. The summed E-state index contributed by atoms with van der Waals surface area (Å²) >= 11 is 0. The van der Waals surface area contributed by atoms with Crippen LogP contribution in [0, 0.1) is 11.8 Å². The molecule has 0 radical (unpaired) electrons. The number of nitrogens with zero attached hydrogens (tertiary/aromatic N) is 3. The Hall–Kier alpha value is -1.96. The predicted octanol–water partition coefficient (Wildman–Crippen LogP) is 1.94. The molecule has 3 heterocycles. The van der Waals surface area contributed by atoms with E-state index in [4.69, 9.17) is 5.84 Å². The lowest BCUT2D eigenvalue weighted by Gasteiger charge is -2.40. The molecule has 3 fully saturated rings. The third kappa shape index (κ3) is 5.45. The van der Waals surface area contributed by atoms with Crippen LogP contribution < -0.4 is 16.1 Å². The number of amides is 2. The van der Waals surface area contributed by atoms with Crippen molar-refractivity contribution in [2.24, 2.45) is 17.7 Å². The van der Waals surface area contributed by atoms with Crippen LogP contribution in [0.3, 0.4) is 0 Å². The fourth-order valence-electron chi connectivity index (χ4n) is 5.45. The number of imide groups is 1. The maximum absolute atomic E-state index is 12.1. The molecule has 1 aromatic carbocycles. The minimum absolute atomic E-state index is 0.161. The van der Waals surface area contributed by atoms with Gasteiger partial charge in [0, 0.05) is 57.9 Å². The zero-order valence-corrected chi connectivity index (χ0v) is 18.8. The number of piperazine rings is 1. The van der Waals surface area contributed by atoms with Gasteiger partial charge in [-0.25, -0.2) is 5.01 Å². The van der Waals surface area contributed by atoms with Crippen LogP contribution in [0.4, 0.5) is 5.69 Å². The Labute approximate surface area is 185 Å². The number of carbonyl (C=O) groups excluding carboxylic acids is 2. The summed E-state index contributed by atoms with van der Waals surface area (Å²) in [5, 5.41) is 4.42. The largest absolute Gasteiger partial charge is 0.369 e. The molecule has 0 spiro atoms. The fourth-order valence-corrected chi connectivity index (χ4v) is 5.45. The Morgan fingerprint density at radius 3 is 2.29 bits per heavy atom. The van der Waals surface area contributed by atoms with E-state index < -0.39 is 0 Å². The summed E-state index contributed by atoms with van der Waals surface area (Å²) in [5.41, 5.74) is 2.22. The molecular formula is C24H37N5O2. The molecule has 0 aromatic heterocycles. The Morgan fingerprint density at radius 2 is 1.68 bits per heavy atom. The van der Waals surface area contributed by atoms with Crippen molar-refractivity contribution < 1.29 is 9.59 Å². The van der Waals surface area contributed by atoms with E-state index in [9.17, 15) is 9.59 Å². The van der Waals surface area contributed by atoms with E-state index in [2.05, 4.69) is 46.3 Å². The smallest absolute Gasteiger partial charge is 0.234 e. The van der Waals surface area contributed by atoms with Crippen molar-refractivity contribution in [3.8, 4) is 0 Å². The number of nitrogens with two attached hydrogens (primary N) is 1. The Kier molecular flexibility index (Phi) is 7.25. The van der Waals surface area contributed by atoms with Gasteiger partial charge in [0.2, 0.25) is 11.8 Å². The van der Waals surface area contributed by atoms with Crippen LogP contribution in [-0.4, -0.2) is 67.5 Å². The zero-order chi connectivity index (χ0) is 21.8. The first-order chi connectivity index (χ1) is 15.0. The molecule has 2 amide bonds. The molecule has 7 heteroatoms. The minimum Gasteiger partial charge on any atom is -0.369 e. The number of piperidine rings is 2. The van der Waals surface area contributed by atoms with E-state index >= 15 is 0 Å². The van der Waals surface area contributed by atoms with Crippen molar-refractivity contribution in [3.05, 3.63) is 29.8 Å². The van der Waals surface area contributed by atoms with Crippen molar-refractivity contribution in [3.63, 3.8) is 0 Å². The van der Waals surface area contributed by atoms with Gasteiger partial charge in [-0.05, 0) is 48.8 Å². The SMILES string of the molecule is CCC(CN1CCN(c2ccc(C3CCC(=O)NC3=O)cc2)CC1)C1CCN(N)CC1. The molecule has 4 rings (SSSR count). The Morgan fingerprint density at radius 1 is 1.00 bits per heavy atom. The molecule has 0 saturated carbocycles. The molecule has 1 aromatic rings. The maximum atomic E-state index is 12.1. The standard InChI is InChI=1S/C24H37N5O2/c1-2-18(19-9-11-29(25)12-10-19)17-27-13-15-28(16-14-27)21-5-3-20(4-6-21)22-7-8-23(30)26-24(22)31/h3-6,18-19,22H,2,7-17,25H2,1H3,(H,26,30,31). The van der Waals surface area contributed by atoms with E-state index in [1.807, 2.05) is 5.01 Å². The lowest BCUT2D eigenvalue weighted by atomic mass is 9.82. The molecule has 0 bridgehead atoms. The van der Waals surface area contributed by atoms with Crippen LogP contribution >= 0.6 is 0 Å². The van der Waals surface area contributed by atoms with Crippen molar-refractivity contribution in [1.29, 1.82) is 0 Å². The third-order valence-electron chi connectivity index (χ3n) is 7.53. The number of nitrogens with one attached hydrogen (secondary N) is 1. The number of anilines is 1. The van der Waals surface area contributed by atoms with Crippen molar-refractivity contribution in [2.45, 2.75) is 44.9 Å². The number of hydrogen-bond donors (Lipinski definition) is 2. The number of hydrazine groups is 1. The summed E-state index contributed by atoms with van der Waals surface area (Å²) in [6.07, 6.45) is 4.73. The highest BCUT2D eigenvalue weighted by molar-refractivity contribution is 6.00. The molecule has 3 N–H and O–H groups in total. The van der Waals surface area contributed by atoms with Crippen LogP contribution in [0.1, 0.15) is 50.5 Å². The first-order valence-corrected chi connectivity index (χ1v) is 11.9. The number of benzene rings is 1. The lowest BCUT2D eigenvalue weighted by molar-refractivity contribution is -0.134. The summed E-state index contributed by atoms with van der Waals surface area (Å²) < 4.78 is 0. The molecule has 0 aliphatic carbocycles. The van der Waals surface area contributed by atoms with E-state index in [1.54, 1.807) is 0 Å². The van der Waals surface area contributed by atoms with Crippen molar-refractivity contribution in [1.82, 2.24) is 15.2 Å². The molecule has 3 saturated heterocycles. The van der Waals surface area contributed by atoms with Crippen LogP contribution in [0.2, 0.25) is 0 Å². The number of hydrogen-bond acceptors (Lipinski definition) is 6. The van der Waals surface area contributed by atoms with E-state index in [1.165, 1.54) is 31.5 Å². The Bertz CT molecular complexity index is 752. The zero-order valence-electron chi connectivity index (χ0n) is 18.8. The second kappa shape index (κ2) is 10.1. The van der Waals surface area contributed by atoms with Crippen molar-refractivity contribution in [2.75, 3.05) is 50.7 Å². The molecule has 3 aliphatic heterocycles. The quantitative estimate of drug-likeness (QED) is 0.533. The second-order valence-electron chi connectivity index (χ2n) is 9.42. The lowest BCUT2D eigenvalue weighted by Crippen LogP contribution is -2.49. The first kappa shape index (κ1) is 22.2. The van der Waals surface area contributed by atoms with Gasteiger partial charge in [-0.3, -0.25) is 25.6 Å². The van der Waals surface area contributed by atoms with E-state index in [-0.39, 0.29) is 17.7 Å². The summed E-state index contributed by atoms with van der Waals surface area (Å²) in [6, 6.07) is 8.37. The van der Waals surface area contributed by atoms with Gasteiger partial charge < -0.3 is 4.90 Å². The van der Waals surface area contributed by atoms with Gasteiger partial charge >= 0.3 is 0 Å². The average molecular weight is 428 g/mol. The monoisotopic (exact) mass is 427 g/mol. The van der Waals surface area contributed by atoms with Gasteiger partial charge in [-0.15, -0.1) is 0 Å². The van der Waals surface area contributed by atoms with Crippen LogP contribution in [0.5, 0.6) is 0 Å². The summed E-state index contributed by atoms with van der Waals surface area (Å²) in [7, 11) is 0. The normalized spacial score (nSPS) is 25.5. The van der Waals surface area contributed by atoms with E-state index in [0.717, 1.165) is 56.7 Å². The molecule has 31 heavy (non-hydrogen) atoms. The predicted molar refractivity (Wildman–Crippen MR) is 122 cm³/mol. The molecular weight excluding hydrogens is 390 g/mol. The van der Waals surface area contributed by atoms with Gasteiger partial charge in [0.1, 0.15) is 0 Å². The minimum atomic E-state index is -0.208. The van der Waals surface area contributed by atoms with Crippen LogP contribution in [0.15, 0.2) is 24.3 Å². The number of carbonyl (C=O) groups is 2. The highest BCUT2D eigenvalue weighted by Gasteiger charge is 2.29. The first-order valence-electron chi connectivity index (χ1n) is 11.9. The van der Waals surface area contributed by atoms with Crippen LogP contribution in [-0.2, 0) is 9.59 Å². The number of rotatable bonds is 6. The maximum Gasteiger partial charge on any atom is 0.234 e. The summed E-state index contributed by atoms with van der Waals surface area (Å²) in [6.45, 7) is 9.87. The van der Waals surface area contributed by atoms with E-state index in [0.29, 0.717) is 12.8 Å².